The molecule has 0 saturated heterocycles. The predicted octanol–water partition coefficient (Wildman–Crippen LogP) is 6.53. The zero-order valence-corrected chi connectivity index (χ0v) is 17.3. The summed E-state index contributed by atoms with van der Waals surface area (Å²) >= 11 is 0. The second-order valence-electron chi connectivity index (χ2n) is 8.11. The van der Waals surface area contributed by atoms with E-state index in [-0.39, 0.29) is 27.9 Å². The Labute approximate surface area is 154 Å². The molecule has 0 aliphatic rings. The Morgan fingerprint density at radius 2 is 1.26 bits per heavy atom. The van der Waals surface area contributed by atoms with Gasteiger partial charge in [-0.2, -0.15) is 28.3 Å². The Morgan fingerprint density at radius 3 is 1.52 bits per heavy atom. The summed E-state index contributed by atoms with van der Waals surface area (Å²) in [6, 6.07) is 12.5. The molecule has 0 fully saturated rings. The molecular formula is C22H34Fe-6. The second-order valence-corrected chi connectivity index (χ2v) is 8.11. The van der Waals surface area contributed by atoms with Crippen molar-refractivity contribution in [3.8, 4) is 0 Å². The van der Waals surface area contributed by atoms with Crippen LogP contribution in [0.4, 0.5) is 0 Å². The summed E-state index contributed by atoms with van der Waals surface area (Å²) in [7, 11) is 0. The maximum atomic E-state index is 2.46. The average molecular weight is 354 g/mol. The molecular weight excluding hydrogens is 320 g/mol. The van der Waals surface area contributed by atoms with Gasteiger partial charge in [-0.15, -0.1) is 0 Å². The third kappa shape index (κ3) is 5.97. The Hall–Kier alpha value is -0.781. The minimum Gasteiger partial charge on any atom is -0.748 e. The van der Waals surface area contributed by atoms with E-state index in [1.165, 1.54) is 0 Å². The van der Waals surface area contributed by atoms with Crippen LogP contribution in [0.15, 0.2) is 36.4 Å². The summed E-state index contributed by atoms with van der Waals surface area (Å²) in [5.41, 5.74) is 6.82. The van der Waals surface area contributed by atoms with Gasteiger partial charge in [-0.25, -0.2) is 0 Å². The van der Waals surface area contributed by atoms with Crippen LogP contribution in [0, 0.1) is 0 Å². The Balaban J connectivity index is 0.000000684. The van der Waals surface area contributed by atoms with Crippen LogP contribution in [0.3, 0.4) is 0 Å². The van der Waals surface area contributed by atoms with Crippen molar-refractivity contribution in [1.82, 2.24) is 0 Å². The zero-order valence-electron chi connectivity index (χ0n) is 16.2. The van der Waals surface area contributed by atoms with Crippen molar-refractivity contribution in [3.05, 3.63) is 58.7 Å². The van der Waals surface area contributed by atoms with E-state index in [1.807, 2.05) is 30.3 Å². The first kappa shape index (κ1) is 22.2. The Bertz CT molecular complexity index is 525. The number of hydrogen-bond acceptors (Lipinski definition) is 0. The van der Waals surface area contributed by atoms with E-state index in [2.05, 4.69) is 61.5 Å². The summed E-state index contributed by atoms with van der Waals surface area (Å²) < 4.78 is 0. The molecule has 0 heterocycles. The van der Waals surface area contributed by atoms with Gasteiger partial charge in [0.15, 0.2) is 0 Å². The van der Waals surface area contributed by atoms with Crippen LogP contribution in [0.1, 0.15) is 77.6 Å². The molecule has 136 valence electrons. The van der Waals surface area contributed by atoms with Crippen LogP contribution in [0.2, 0.25) is 0 Å². The van der Waals surface area contributed by atoms with Crippen molar-refractivity contribution >= 4 is 0 Å². The van der Waals surface area contributed by atoms with Crippen LogP contribution in [0.5, 0.6) is 0 Å². The fourth-order valence-electron chi connectivity index (χ4n) is 3.14. The largest absolute Gasteiger partial charge is 0.748 e. The van der Waals surface area contributed by atoms with Crippen molar-refractivity contribution < 1.29 is 17.1 Å². The summed E-state index contributed by atoms with van der Waals surface area (Å²) in [5.74, 6) is 0. The van der Waals surface area contributed by atoms with Crippen LogP contribution < -0.4 is 0 Å². The van der Waals surface area contributed by atoms with E-state index in [1.54, 1.807) is 22.3 Å². The van der Waals surface area contributed by atoms with Crippen molar-refractivity contribution in [1.29, 1.82) is 0 Å². The van der Waals surface area contributed by atoms with Crippen molar-refractivity contribution in [3.63, 3.8) is 0 Å². The normalized spacial score (nSPS) is 11.5. The number of aryl methyl sites for hydroxylation is 1. The van der Waals surface area contributed by atoms with Gasteiger partial charge in [0.2, 0.25) is 0 Å². The minimum atomic E-state index is 0. The van der Waals surface area contributed by atoms with Gasteiger partial charge in [0.1, 0.15) is 0 Å². The Kier molecular flexibility index (Phi) is 8.60. The summed E-state index contributed by atoms with van der Waals surface area (Å²) in [4.78, 5) is 0. The van der Waals surface area contributed by atoms with Gasteiger partial charge >= 0.3 is 0 Å². The van der Waals surface area contributed by atoms with Gasteiger partial charge in [0, 0.05) is 17.1 Å². The summed E-state index contributed by atoms with van der Waals surface area (Å²) in [6.07, 6.45) is 2.31. The average Bonchev–Trinajstić information content (AvgIpc) is 3.07. The van der Waals surface area contributed by atoms with E-state index in [0.29, 0.717) is 0 Å². The molecule has 0 aliphatic carbocycles. The summed E-state index contributed by atoms with van der Waals surface area (Å²) in [5, 5.41) is 0. The molecule has 0 atom stereocenters. The van der Waals surface area contributed by atoms with Gasteiger partial charge in [-0.1, -0.05) is 79.1 Å². The van der Waals surface area contributed by atoms with Crippen molar-refractivity contribution in [2.45, 2.75) is 79.1 Å². The maximum Gasteiger partial charge on any atom is 0 e. The molecule has 0 saturated carbocycles. The number of hydrogen-bond donors (Lipinski definition) is 0. The fraction of sp³-hybridized carbons (Fsp3) is 0.545. The van der Waals surface area contributed by atoms with Crippen LogP contribution in [0.25, 0.3) is 0 Å². The molecule has 0 spiro atoms. The smallest absolute Gasteiger partial charge is 0 e. The molecule has 2 rings (SSSR count). The van der Waals surface area contributed by atoms with Gasteiger partial charge in [-0.05, 0) is 0 Å². The first-order valence-electron chi connectivity index (χ1n) is 8.62. The summed E-state index contributed by atoms with van der Waals surface area (Å²) in [6.45, 7) is 18.6. The zero-order chi connectivity index (χ0) is 17.0. The molecule has 0 nitrogen and oxygen atoms in total. The van der Waals surface area contributed by atoms with E-state index in [0.717, 1.165) is 12.8 Å². The molecule has 0 radical (unpaired) electrons. The van der Waals surface area contributed by atoms with Crippen LogP contribution in [-0.4, -0.2) is 0 Å². The van der Waals surface area contributed by atoms with Crippen molar-refractivity contribution in [2.75, 3.05) is 0 Å². The number of rotatable bonds is 2. The van der Waals surface area contributed by atoms with Crippen molar-refractivity contribution in [2.24, 2.45) is 0 Å². The van der Waals surface area contributed by atoms with Gasteiger partial charge < -0.3 is 30.3 Å². The maximum absolute atomic E-state index is 2.46. The third-order valence-corrected chi connectivity index (χ3v) is 4.13. The van der Waals surface area contributed by atoms with Gasteiger partial charge in [0.05, 0.1) is 0 Å². The molecule has 0 N–H and O–H groups in total. The fourth-order valence-corrected chi connectivity index (χ4v) is 3.14. The molecule has 0 bridgehead atoms. The SMILES string of the molecule is CCc1c(C(C)(C)C)c(C(C)(C)C)c[c-]1CC.[Fe].[cH-]1[cH-][cH-][cH-][cH-]1. The van der Waals surface area contributed by atoms with E-state index in [9.17, 15) is 0 Å². The molecule has 0 unspecified atom stereocenters. The molecule has 0 amide bonds. The topological polar surface area (TPSA) is 0 Å². The molecule has 2 aromatic rings. The predicted molar refractivity (Wildman–Crippen MR) is 100 cm³/mol. The first-order valence-corrected chi connectivity index (χ1v) is 8.62. The van der Waals surface area contributed by atoms with Gasteiger partial charge in [0.25, 0.3) is 0 Å². The Morgan fingerprint density at radius 1 is 0.826 bits per heavy atom. The van der Waals surface area contributed by atoms with E-state index >= 15 is 0 Å². The monoisotopic (exact) mass is 354 g/mol. The molecule has 0 aromatic heterocycles. The minimum absolute atomic E-state index is 0. The third-order valence-electron chi connectivity index (χ3n) is 4.13. The first-order chi connectivity index (χ1) is 10.1. The van der Waals surface area contributed by atoms with E-state index in [4.69, 9.17) is 0 Å². The second kappa shape index (κ2) is 8.90. The van der Waals surface area contributed by atoms with Crippen LogP contribution >= 0.6 is 0 Å². The van der Waals surface area contributed by atoms with Crippen LogP contribution in [-0.2, 0) is 40.7 Å². The molecule has 2 aromatic carbocycles. The molecule has 1 heteroatoms. The quantitative estimate of drug-likeness (QED) is 0.425. The molecule has 0 aliphatic heterocycles. The van der Waals surface area contributed by atoms with E-state index < -0.39 is 0 Å². The van der Waals surface area contributed by atoms with Gasteiger partial charge in [-0.3, -0.25) is 0 Å². The molecule has 23 heavy (non-hydrogen) atoms. The standard InChI is InChI=1S/C17H29.C5H5.Fe/c1-9-12-11-14(16(3,4)5)15(13(12)10-2)17(6,7)8;1-2-4-5-3-1;/h11H,9-10H2,1-8H3;1-5H;/q-1;-5;.